The van der Waals surface area contributed by atoms with Crippen molar-refractivity contribution in [3.63, 3.8) is 0 Å². The number of hydrogen-bond donors (Lipinski definition) is 1. The largest absolute Gasteiger partial charge is 0.469 e. The molecule has 2 heterocycles. The van der Waals surface area contributed by atoms with E-state index in [1.54, 1.807) is 13.1 Å². The van der Waals surface area contributed by atoms with E-state index in [-0.39, 0.29) is 30.4 Å². The molecule has 0 saturated heterocycles. The Labute approximate surface area is 205 Å². The van der Waals surface area contributed by atoms with Gasteiger partial charge < -0.3 is 14.8 Å². The number of aromatic nitrogens is 1. The maximum absolute atomic E-state index is 13.3. The Kier molecular flexibility index (Phi) is 7.60. The van der Waals surface area contributed by atoms with Gasteiger partial charge in [0, 0.05) is 21.7 Å². The van der Waals surface area contributed by atoms with Crippen molar-refractivity contribution in [3.05, 3.63) is 62.2 Å². The quantitative estimate of drug-likeness (QED) is 0.538. The van der Waals surface area contributed by atoms with Gasteiger partial charge in [0.15, 0.2) is 10.8 Å². The fraction of sp³-hybridized carbons (Fsp3) is 0.417. The number of carbonyl (C=O) groups is 2. The fourth-order valence-corrected chi connectivity index (χ4v) is 5.57. The van der Waals surface area contributed by atoms with Gasteiger partial charge in [-0.15, -0.1) is 11.3 Å². The number of carbonyl (C=O) groups excluding carboxylic acids is 2. The molecule has 4 rings (SSSR count). The van der Waals surface area contributed by atoms with Gasteiger partial charge in [0.1, 0.15) is 6.04 Å². The number of esters is 2. The summed E-state index contributed by atoms with van der Waals surface area (Å²) in [6.07, 6.45) is 4.69. The molecule has 1 atom stereocenters. The van der Waals surface area contributed by atoms with Crippen molar-refractivity contribution in [3.8, 4) is 0 Å². The Morgan fingerprint density at radius 2 is 1.97 bits per heavy atom. The van der Waals surface area contributed by atoms with Crippen LogP contribution in [0.1, 0.15) is 49.2 Å². The number of rotatable bonds is 6. The Morgan fingerprint density at radius 1 is 1.21 bits per heavy atom. The number of hydrogen-bond acceptors (Lipinski definition) is 8. The van der Waals surface area contributed by atoms with E-state index < -0.39 is 6.04 Å². The number of thiazole rings is 1. The van der Waals surface area contributed by atoms with E-state index in [0.29, 0.717) is 24.3 Å². The van der Waals surface area contributed by atoms with E-state index in [4.69, 9.17) is 14.5 Å². The van der Waals surface area contributed by atoms with Gasteiger partial charge in [0.2, 0.25) is 0 Å². The molecule has 33 heavy (non-hydrogen) atoms. The first kappa shape index (κ1) is 23.6. The maximum Gasteiger partial charge on any atom is 0.338 e. The van der Waals surface area contributed by atoms with E-state index in [1.807, 2.05) is 29.6 Å². The van der Waals surface area contributed by atoms with Gasteiger partial charge >= 0.3 is 11.9 Å². The number of aliphatic imine (C=N–C) groups is 1. The molecular formula is C24H26BrN3O4S. The SMILES string of the molecule is CCOC(=O)C1=C([C@H]2CC[C@H](C(=O)OC)CC2)NC(c2nccs2)=NC1c1ccccc1Br. The van der Waals surface area contributed by atoms with E-state index in [1.165, 1.54) is 18.4 Å². The fourth-order valence-electron chi connectivity index (χ4n) is 4.48. The topological polar surface area (TPSA) is 89.9 Å². The van der Waals surface area contributed by atoms with E-state index in [2.05, 4.69) is 26.2 Å². The first-order valence-corrected chi connectivity index (χ1v) is 12.7. The van der Waals surface area contributed by atoms with Gasteiger partial charge in [-0.25, -0.2) is 9.78 Å². The van der Waals surface area contributed by atoms with Crippen LogP contribution in [0.4, 0.5) is 0 Å². The van der Waals surface area contributed by atoms with Crippen LogP contribution in [0.3, 0.4) is 0 Å². The lowest BCUT2D eigenvalue weighted by atomic mass is 9.78. The van der Waals surface area contributed by atoms with Crippen molar-refractivity contribution >= 4 is 45.0 Å². The highest BCUT2D eigenvalue weighted by Crippen LogP contribution is 2.42. The number of amidine groups is 1. The van der Waals surface area contributed by atoms with E-state index in [0.717, 1.165) is 33.6 Å². The lowest BCUT2D eigenvalue weighted by Gasteiger charge is -2.34. The van der Waals surface area contributed by atoms with Gasteiger partial charge in [0.25, 0.3) is 0 Å². The second-order valence-corrected chi connectivity index (χ2v) is 9.73. The number of ether oxygens (including phenoxy) is 2. The lowest BCUT2D eigenvalue weighted by molar-refractivity contribution is -0.146. The zero-order valence-corrected chi connectivity index (χ0v) is 20.9. The van der Waals surface area contributed by atoms with Crippen LogP contribution in [-0.2, 0) is 19.1 Å². The summed E-state index contributed by atoms with van der Waals surface area (Å²) in [7, 11) is 1.43. The number of methoxy groups -OCH3 is 1. The number of nitrogens with zero attached hydrogens (tertiary/aromatic N) is 2. The lowest BCUT2D eigenvalue weighted by Crippen LogP contribution is -2.38. The molecule has 1 aliphatic carbocycles. The Bertz CT molecular complexity index is 1080. The van der Waals surface area contributed by atoms with Crippen LogP contribution in [0.2, 0.25) is 0 Å². The molecule has 1 fully saturated rings. The van der Waals surface area contributed by atoms with Gasteiger partial charge in [0.05, 0.1) is 25.2 Å². The van der Waals surface area contributed by atoms with Gasteiger partial charge in [-0.3, -0.25) is 9.79 Å². The van der Waals surface area contributed by atoms with Gasteiger partial charge in [-0.2, -0.15) is 0 Å². The minimum absolute atomic E-state index is 0.0702. The summed E-state index contributed by atoms with van der Waals surface area (Å²) in [5.74, 6) is 0.0656. The van der Waals surface area contributed by atoms with Crippen LogP contribution in [-0.4, -0.2) is 36.5 Å². The minimum Gasteiger partial charge on any atom is -0.469 e. The summed E-state index contributed by atoms with van der Waals surface area (Å²) in [6, 6.07) is 7.25. The zero-order valence-electron chi connectivity index (χ0n) is 18.5. The number of allylic oxidation sites excluding steroid dienone is 1. The zero-order chi connectivity index (χ0) is 23.4. The first-order valence-electron chi connectivity index (χ1n) is 11.0. The van der Waals surface area contributed by atoms with E-state index in [9.17, 15) is 9.59 Å². The summed E-state index contributed by atoms with van der Waals surface area (Å²) in [5.41, 5.74) is 2.22. The summed E-state index contributed by atoms with van der Waals surface area (Å²) >= 11 is 5.13. The highest BCUT2D eigenvalue weighted by Gasteiger charge is 2.38. The average molecular weight is 532 g/mol. The molecule has 0 radical (unpaired) electrons. The number of halogens is 1. The summed E-state index contributed by atoms with van der Waals surface area (Å²) < 4.78 is 11.3. The van der Waals surface area contributed by atoms with Crippen molar-refractivity contribution in [1.29, 1.82) is 0 Å². The standard InChI is InChI=1S/C24H26BrN3O4S/c1-3-32-24(30)18-19(14-8-10-15(11-9-14)23(29)31-2)27-21(22-26-12-13-33-22)28-20(18)16-6-4-5-7-17(16)25/h4-7,12-15,20H,3,8-11H2,1-2H3,(H,27,28)/t14-,15-,20?. The molecule has 1 aliphatic heterocycles. The van der Waals surface area contributed by atoms with Gasteiger partial charge in [-0.05, 0) is 50.2 Å². The average Bonchev–Trinajstić information content (AvgIpc) is 3.38. The third-order valence-electron chi connectivity index (χ3n) is 6.07. The molecule has 1 N–H and O–H groups in total. The smallest absolute Gasteiger partial charge is 0.338 e. The van der Waals surface area contributed by atoms with E-state index >= 15 is 0 Å². The summed E-state index contributed by atoms with van der Waals surface area (Å²) in [5, 5.41) is 6.10. The van der Waals surface area contributed by atoms with Crippen LogP contribution >= 0.6 is 27.3 Å². The van der Waals surface area contributed by atoms with Crippen molar-refractivity contribution < 1.29 is 19.1 Å². The second kappa shape index (κ2) is 10.6. The highest BCUT2D eigenvalue weighted by atomic mass is 79.9. The molecule has 2 aromatic rings. The summed E-state index contributed by atoms with van der Waals surface area (Å²) in [4.78, 5) is 34.7. The minimum atomic E-state index is -0.534. The predicted octanol–water partition coefficient (Wildman–Crippen LogP) is 4.79. The first-order chi connectivity index (χ1) is 16.0. The molecule has 2 aliphatic rings. The van der Waals surface area contributed by atoms with Crippen molar-refractivity contribution in [1.82, 2.24) is 10.3 Å². The molecule has 0 amide bonds. The van der Waals surface area contributed by atoms with Gasteiger partial charge in [-0.1, -0.05) is 34.1 Å². The summed E-state index contributed by atoms with van der Waals surface area (Å²) in [6.45, 7) is 2.07. The molecule has 174 valence electrons. The molecular weight excluding hydrogens is 506 g/mol. The number of benzene rings is 1. The molecule has 0 spiro atoms. The normalized spacial score (nSPS) is 22.9. The third-order valence-corrected chi connectivity index (χ3v) is 7.58. The molecule has 9 heteroatoms. The predicted molar refractivity (Wildman–Crippen MR) is 130 cm³/mol. The van der Waals surface area contributed by atoms with Crippen molar-refractivity contribution in [2.45, 2.75) is 38.6 Å². The van der Waals surface area contributed by atoms with Crippen molar-refractivity contribution in [2.75, 3.05) is 13.7 Å². The van der Waals surface area contributed by atoms with Crippen LogP contribution < -0.4 is 5.32 Å². The molecule has 1 saturated carbocycles. The molecule has 1 unspecified atom stereocenters. The van der Waals surface area contributed by atoms with Crippen LogP contribution in [0.15, 0.2) is 56.6 Å². The van der Waals surface area contributed by atoms with Crippen molar-refractivity contribution in [2.24, 2.45) is 16.8 Å². The third kappa shape index (κ3) is 5.04. The Morgan fingerprint density at radius 3 is 2.61 bits per heavy atom. The Balaban J connectivity index is 1.78. The number of nitrogens with one attached hydrogen (secondary N) is 1. The van der Waals surface area contributed by atoms with Crippen LogP contribution in [0.5, 0.6) is 0 Å². The highest BCUT2D eigenvalue weighted by molar-refractivity contribution is 9.10. The monoisotopic (exact) mass is 531 g/mol. The molecule has 7 nitrogen and oxygen atoms in total. The van der Waals surface area contributed by atoms with Crippen LogP contribution in [0, 0.1) is 11.8 Å². The molecule has 0 bridgehead atoms. The maximum atomic E-state index is 13.3. The van der Waals surface area contributed by atoms with Crippen LogP contribution in [0.25, 0.3) is 0 Å². The molecule has 1 aromatic carbocycles. The molecule has 1 aromatic heterocycles. The Hall–Kier alpha value is -2.52. The second-order valence-electron chi connectivity index (χ2n) is 7.98.